The molecule has 0 amide bonds. The third-order valence-electron chi connectivity index (χ3n) is 2.56. The molecule has 0 aromatic heterocycles. The molecule has 0 bridgehead atoms. The maximum atomic E-state index is 12.5. The summed E-state index contributed by atoms with van der Waals surface area (Å²) in [4.78, 5) is 0. The van der Waals surface area contributed by atoms with Gasteiger partial charge in [-0.15, -0.1) is 5.73 Å². The maximum absolute atomic E-state index is 12.5. The Morgan fingerprint density at radius 2 is 1.84 bits per heavy atom. The summed E-state index contributed by atoms with van der Waals surface area (Å²) in [5.74, 6) is 1.71. The Kier molecular flexibility index (Phi) is 10.9. The minimum Gasteiger partial charge on any atom is -0.306 e. The van der Waals surface area contributed by atoms with E-state index in [9.17, 15) is 4.57 Å². The molecule has 0 unspecified atom stereocenters. The molecule has 4 heteroatoms. The maximum Gasteiger partial charge on any atom is 0.354 e. The van der Waals surface area contributed by atoms with E-state index in [1.165, 1.54) is 0 Å². The van der Waals surface area contributed by atoms with Gasteiger partial charge in [-0.25, -0.2) is 0 Å². The zero-order chi connectivity index (χ0) is 14.6. The normalized spacial score (nSPS) is 12.3. The van der Waals surface area contributed by atoms with E-state index in [1.807, 2.05) is 19.9 Å². The highest BCUT2D eigenvalue weighted by Gasteiger charge is 2.20. The van der Waals surface area contributed by atoms with E-state index in [4.69, 9.17) is 9.05 Å². The van der Waals surface area contributed by atoms with Crippen molar-refractivity contribution in [2.24, 2.45) is 0 Å². The lowest BCUT2D eigenvalue weighted by Crippen LogP contribution is -1.95. The average Bonchev–Trinajstić information content (AvgIpc) is 2.36. The van der Waals surface area contributed by atoms with Crippen LogP contribution in [0.4, 0.5) is 0 Å². The first-order valence-corrected chi connectivity index (χ1v) is 8.66. The van der Waals surface area contributed by atoms with E-state index in [-0.39, 0.29) is 0 Å². The average molecular weight is 286 g/mol. The van der Waals surface area contributed by atoms with Gasteiger partial charge >= 0.3 is 7.60 Å². The summed E-state index contributed by atoms with van der Waals surface area (Å²) in [5, 5.41) is 0. The Morgan fingerprint density at radius 3 is 2.32 bits per heavy atom. The highest BCUT2D eigenvalue weighted by molar-refractivity contribution is 7.57. The van der Waals surface area contributed by atoms with Crippen LogP contribution in [0.5, 0.6) is 0 Å². The van der Waals surface area contributed by atoms with E-state index < -0.39 is 7.60 Å². The lowest BCUT2D eigenvalue weighted by atomic mass is 10.1. The fourth-order valence-electron chi connectivity index (χ4n) is 1.71. The van der Waals surface area contributed by atoms with Crippen LogP contribution in [0.25, 0.3) is 0 Å². The fraction of sp³-hybridized carbons (Fsp3) is 0.667. The zero-order valence-corrected chi connectivity index (χ0v) is 13.4. The van der Waals surface area contributed by atoms with Crippen molar-refractivity contribution < 1.29 is 13.6 Å². The third-order valence-corrected chi connectivity index (χ3v) is 4.48. The second kappa shape index (κ2) is 11.3. The standard InChI is InChI=1S/C15H27O3P/c1-5-9-11-13-15(12-10-6-2)14-19(16,17-7-3)18-8-4/h9,14H,1,6-8,10-13H2,2-4H3/b15-14+. The Hall–Kier alpha value is -0.590. The minimum absolute atomic E-state index is 0.390. The Labute approximate surface area is 117 Å². The second-order valence-corrected chi connectivity index (χ2v) is 6.07. The van der Waals surface area contributed by atoms with Gasteiger partial charge in [0.2, 0.25) is 0 Å². The molecule has 0 N–H and O–H groups in total. The molecule has 0 atom stereocenters. The predicted octanol–water partition coefficient (Wildman–Crippen LogP) is 5.45. The van der Waals surface area contributed by atoms with Gasteiger partial charge in [0.1, 0.15) is 0 Å². The van der Waals surface area contributed by atoms with Gasteiger partial charge in [-0.2, -0.15) is 0 Å². The Morgan fingerprint density at radius 1 is 1.21 bits per heavy atom. The molecule has 0 aromatic carbocycles. The van der Waals surface area contributed by atoms with E-state index >= 15 is 0 Å². The Balaban J connectivity index is 4.87. The Bertz CT molecular complexity index is 344. The van der Waals surface area contributed by atoms with Crippen LogP contribution < -0.4 is 0 Å². The molecule has 19 heavy (non-hydrogen) atoms. The first-order chi connectivity index (χ1) is 9.11. The fourth-order valence-corrected chi connectivity index (χ4v) is 3.36. The van der Waals surface area contributed by atoms with Gasteiger partial charge in [-0.1, -0.05) is 25.5 Å². The van der Waals surface area contributed by atoms with Crippen LogP contribution in [0, 0.1) is 0 Å². The van der Waals surface area contributed by atoms with E-state index in [0.717, 1.165) is 37.7 Å². The summed E-state index contributed by atoms with van der Waals surface area (Å²) in [5.41, 5.74) is 3.90. The van der Waals surface area contributed by atoms with Crippen molar-refractivity contribution in [2.45, 2.75) is 52.9 Å². The van der Waals surface area contributed by atoms with Crippen molar-refractivity contribution in [3.63, 3.8) is 0 Å². The second-order valence-electron chi connectivity index (χ2n) is 4.21. The lowest BCUT2D eigenvalue weighted by molar-refractivity contribution is 0.228. The molecule has 110 valence electrons. The highest BCUT2D eigenvalue weighted by atomic mass is 31.2. The molecule has 0 aliphatic carbocycles. The molecule has 0 spiro atoms. The predicted molar refractivity (Wildman–Crippen MR) is 81.4 cm³/mol. The van der Waals surface area contributed by atoms with Crippen molar-refractivity contribution >= 4 is 7.60 Å². The van der Waals surface area contributed by atoms with Gasteiger partial charge in [0.25, 0.3) is 0 Å². The monoisotopic (exact) mass is 286 g/mol. The van der Waals surface area contributed by atoms with E-state index in [1.54, 1.807) is 5.82 Å². The number of rotatable bonds is 11. The van der Waals surface area contributed by atoms with Gasteiger partial charge in [0.15, 0.2) is 0 Å². The van der Waals surface area contributed by atoms with Gasteiger partial charge in [-0.3, -0.25) is 4.57 Å². The van der Waals surface area contributed by atoms with Gasteiger partial charge < -0.3 is 9.05 Å². The first kappa shape index (κ1) is 18.4. The molecule has 3 nitrogen and oxygen atoms in total. The zero-order valence-electron chi connectivity index (χ0n) is 12.5. The molecule has 0 aliphatic heterocycles. The van der Waals surface area contributed by atoms with Crippen molar-refractivity contribution in [2.75, 3.05) is 13.2 Å². The van der Waals surface area contributed by atoms with Gasteiger partial charge in [-0.05, 0) is 45.6 Å². The van der Waals surface area contributed by atoms with Crippen LogP contribution >= 0.6 is 7.60 Å². The molecule has 0 saturated heterocycles. The van der Waals surface area contributed by atoms with Crippen LogP contribution in [-0.2, 0) is 13.6 Å². The molecule has 0 heterocycles. The van der Waals surface area contributed by atoms with Crippen LogP contribution in [0.2, 0.25) is 0 Å². The summed E-state index contributed by atoms with van der Waals surface area (Å²) in [6.45, 7) is 10.1. The summed E-state index contributed by atoms with van der Waals surface area (Å²) in [6.07, 6.45) is 6.74. The van der Waals surface area contributed by atoms with Crippen LogP contribution in [0.1, 0.15) is 52.9 Å². The third kappa shape index (κ3) is 9.02. The summed E-state index contributed by atoms with van der Waals surface area (Å²) < 4.78 is 23.1. The topological polar surface area (TPSA) is 35.5 Å². The smallest absolute Gasteiger partial charge is 0.306 e. The van der Waals surface area contributed by atoms with Gasteiger partial charge in [0.05, 0.1) is 13.2 Å². The van der Waals surface area contributed by atoms with Crippen LogP contribution in [0.15, 0.2) is 29.8 Å². The molecule has 0 aliphatic rings. The highest BCUT2D eigenvalue weighted by Crippen LogP contribution is 2.51. The molecular weight excluding hydrogens is 259 g/mol. The van der Waals surface area contributed by atoms with E-state index in [2.05, 4.69) is 19.2 Å². The molecule has 0 saturated carbocycles. The number of hydrogen-bond acceptors (Lipinski definition) is 3. The van der Waals surface area contributed by atoms with Crippen molar-refractivity contribution in [1.82, 2.24) is 0 Å². The number of hydrogen-bond donors (Lipinski definition) is 0. The van der Waals surface area contributed by atoms with Crippen molar-refractivity contribution in [3.05, 3.63) is 29.8 Å². The summed E-state index contributed by atoms with van der Waals surface area (Å²) in [6, 6.07) is 0. The lowest BCUT2D eigenvalue weighted by Gasteiger charge is -2.15. The first-order valence-electron chi connectivity index (χ1n) is 7.05. The molecule has 0 radical (unpaired) electrons. The van der Waals surface area contributed by atoms with Crippen molar-refractivity contribution in [1.29, 1.82) is 0 Å². The SMILES string of the molecule is C=C=CCC/C(=C/P(=O)(OCC)OCC)CCCC. The van der Waals surface area contributed by atoms with Crippen molar-refractivity contribution in [3.8, 4) is 0 Å². The molecule has 0 fully saturated rings. The number of unbranched alkanes of at least 4 members (excludes halogenated alkanes) is 1. The quantitative estimate of drug-likeness (QED) is 0.374. The van der Waals surface area contributed by atoms with Gasteiger partial charge in [0, 0.05) is 5.82 Å². The minimum atomic E-state index is -3.08. The molecule has 0 aromatic rings. The largest absolute Gasteiger partial charge is 0.354 e. The summed E-state index contributed by atoms with van der Waals surface area (Å²) >= 11 is 0. The molecule has 0 rings (SSSR count). The number of allylic oxidation sites excluding steroid dienone is 2. The summed E-state index contributed by atoms with van der Waals surface area (Å²) in [7, 11) is -3.08. The van der Waals surface area contributed by atoms with Crippen LogP contribution in [-0.4, -0.2) is 13.2 Å². The molecular formula is C15H27O3P. The van der Waals surface area contributed by atoms with E-state index in [0.29, 0.717) is 13.2 Å². The van der Waals surface area contributed by atoms with Crippen LogP contribution in [0.3, 0.4) is 0 Å².